The number of amides is 1. The van der Waals surface area contributed by atoms with Crippen LogP contribution in [0.1, 0.15) is 22.8 Å². The molecule has 36 heavy (non-hydrogen) atoms. The summed E-state index contributed by atoms with van der Waals surface area (Å²) in [6.45, 7) is 2.77. The lowest BCUT2D eigenvalue weighted by molar-refractivity contribution is 0.102. The Balaban J connectivity index is 1.43. The zero-order valence-corrected chi connectivity index (χ0v) is 22.2. The normalized spacial score (nSPS) is 10.4. The number of halogens is 1. The zero-order chi connectivity index (χ0) is 25.3. The molecule has 0 spiro atoms. The minimum Gasteiger partial charge on any atom is -0.497 e. The smallest absolute Gasteiger partial charge is 0.255 e. The molecule has 1 N–H and O–H groups in total. The molecule has 0 saturated carbocycles. The van der Waals surface area contributed by atoms with E-state index in [0.717, 1.165) is 14.9 Å². The maximum absolute atomic E-state index is 13.0. The molecule has 0 saturated heterocycles. The van der Waals surface area contributed by atoms with Gasteiger partial charge in [0.15, 0.2) is 11.5 Å². The summed E-state index contributed by atoms with van der Waals surface area (Å²) in [5.74, 6) is 3.03. The van der Waals surface area contributed by atoms with Crippen molar-refractivity contribution < 1.29 is 23.7 Å². The molecule has 184 valence electrons. The summed E-state index contributed by atoms with van der Waals surface area (Å²) in [5.41, 5.74) is 2.19. The van der Waals surface area contributed by atoms with E-state index >= 15 is 0 Å². The second-order valence-corrected chi connectivity index (χ2v) is 8.91. The van der Waals surface area contributed by atoms with Crippen molar-refractivity contribution in [2.24, 2.45) is 0 Å². The highest BCUT2D eigenvalue weighted by Gasteiger charge is 2.17. The minimum atomic E-state index is -0.243. The molecule has 0 heterocycles. The van der Waals surface area contributed by atoms with E-state index in [1.807, 2.05) is 61.5 Å². The number of rotatable bonds is 10. The quantitative estimate of drug-likeness (QED) is 0.195. The maximum Gasteiger partial charge on any atom is 0.255 e. The van der Waals surface area contributed by atoms with E-state index in [0.29, 0.717) is 47.5 Å². The highest BCUT2D eigenvalue weighted by atomic mass is 127. The van der Waals surface area contributed by atoms with Crippen molar-refractivity contribution in [1.82, 2.24) is 0 Å². The van der Waals surface area contributed by atoms with E-state index in [-0.39, 0.29) is 5.91 Å². The van der Waals surface area contributed by atoms with Gasteiger partial charge in [0.1, 0.15) is 23.9 Å². The number of carbonyl (C=O) groups excluding carboxylic acids is 1. The summed E-state index contributed by atoms with van der Waals surface area (Å²) in [4.78, 5) is 13.0. The Morgan fingerprint density at radius 1 is 0.833 bits per heavy atom. The van der Waals surface area contributed by atoms with Crippen LogP contribution in [0.2, 0.25) is 0 Å². The van der Waals surface area contributed by atoms with Gasteiger partial charge in [-0.15, -0.1) is 0 Å². The Kier molecular flexibility index (Phi) is 8.67. The van der Waals surface area contributed by atoms with Crippen LogP contribution in [-0.4, -0.2) is 19.6 Å². The third kappa shape index (κ3) is 6.69. The summed E-state index contributed by atoms with van der Waals surface area (Å²) in [6, 6.07) is 27.9. The number of hydrogen-bond acceptors (Lipinski definition) is 5. The van der Waals surface area contributed by atoms with Gasteiger partial charge in [0.05, 0.1) is 17.3 Å². The number of methoxy groups -OCH3 is 1. The fourth-order valence-corrected chi connectivity index (χ4v) is 4.18. The lowest BCUT2D eigenvalue weighted by atomic mass is 10.1. The van der Waals surface area contributed by atoms with Gasteiger partial charge in [0.2, 0.25) is 0 Å². The third-order valence-corrected chi connectivity index (χ3v) is 6.01. The lowest BCUT2D eigenvalue weighted by Crippen LogP contribution is -2.13. The molecule has 0 aromatic heterocycles. The second kappa shape index (κ2) is 12.3. The van der Waals surface area contributed by atoms with Crippen molar-refractivity contribution in [2.45, 2.75) is 13.5 Å². The standard InChI is InChI=1S/C29H26INO5/c1-3-34-27-18-21(17-26(30)28(27)35-19-20-7-5-4-6-8-20)29(32)31-22-9-11-24(12-10-22)36-25-15-13-23(33-2)14-16-25/h4-18H,3,19H2,1-2H3,(H,31,32). The molecule has 0 fully saturated rings. The Hall–Kier alpha value is -3.72. The van der Waals surface area contributed by atoms with E-state index in [4.69, 9.17) is 18.9 Å². The number of hydrogen-bond donors (Lipinski definition) is 1. The predicted octanol–water partition coefficient (Wildman–Crippen LogP) is 7.32. The molecule has 0 aliphatic carbocycles. The van der Waals surface area contributed by atoms with Gasteiger partial charge < -0.3 is 24.3 Å². The number of ether oxygens (including phenoxy) is 4. The largest absolute Gasteiger partial charge is 0.497 e. The lowest BCUT2D eigenvalue weighted by Gasteiger charge is -2.16. The maximum atomic E-state index is 13.0. The van der Waals surface area contributed by atoms with Crippen molar-refractivity contribution in [3.05, 3.63) is 106 Å². The number of benzene rings is 4. The SMILES string of the molecule is CCOc1cc(C(=O)Nc2ccc(Oc3ccc(OC)cc3)cc2)cc(I)c1OCc1ccccc1. The van der Waals surface area contributed by atoms with Crippen LogP contribution in [0.3, 0.4) is 0 Å². The van der Waals surface area contributed by atoms with E-state index in [1.165, 1.54) is 0 Å². The van der Waals surface area contributed by atoms with E-state index in [1.54, 1.807) is 43.5 Å². The fraction of sp³-hybridized carbons (Fsp3) is 0.138. The average molecular weight is 595 g/mol. The van der Waals surface area contributed by atoms with Crippen molar-refractivity contribution >= 4 is 34.2 Å². The van der Waals surface area contributed by atoms with E-state index in [2.05, 4.69) is 27.9 Å². The van der Waals surface area contributed by atoms with Crippen molar-refractivity contribution in [2.75, 3.05) is 19.0 Å². The molecule has 0 radical (unpaired) electrons. The predicted molar refractivity (Wildman–Crippen MR) is 149 cm³/mol. The Morgan fingerprint density at radius 3 is 2.11 bits per heavy atom. The van der Waals surface area contributed by atoms with Gasteiger partial charge in [-0.05, 0) is 95.7 Å². The van der Waals surface area contributed by atoms with Crippen molar-refractivity contribution in [3.8, 4) is 28.7 Å². The summed E-state index contributed by atoms with van der Waals surface area (Å²) in [6.07, 6.45) is 0. The monoisotopic (exact) mass is 595 g/mol. The molecular formula is C29H26INO5. The van der Waals surface area contributed by atoms with Gasteiger partial charge in [-0.2, -0.15) is 0 Å². The van der Waals surface area contributed by atoms with Crippen molar-refractivity contribution in [1.29, 1.82) is 0 Å². The molecule has 4 aromatic carbocycles. The van der Waals surface area contributed by atoms with Crippen LogP contribution in [0.4, 0.5) is 5.69 Å². The molecule has 0 aliphatic heterocycles. The molecule has 0 aliphatic rings. The number of nitrogens with one attached hydrogen (secondary N) is 1. The van der Waals surface area contributed by atoms with Crippen LogP contribution in [0.5, 0.6) is 28.7 Å². The zero-order valence-electron chi connectivity index (χ0n) is 20.0. The van der Waals surface area contributed by atoms with Gasteiger partial charge in [-0.1, -0.05) is 30.3 Å². The minimum absolute atomic E-state index is 0.243. The first-order chi connectivity index (χ1) is 17.6. The topological polar surface area (TPSA) is 66.0 Å². The summed E-state index contributed by atoms with van der Waals surface area (Å²) in [7, 11) is 1.62. The molecule has 6 nitrogen and oxygen atoms in total. The van der Waals surface area contributed by atoms with E-state index < -0.39 is 0 Å². The highest BCUT2D eigenvalue weighted by Crippen LogP contribution is 2.35. The van der Waals surface area contributed by atoms with Crippen molar-refractivity contribution in [3.63, 3.8) is 0 Å². The Bertz CT molecular complexity index is 1290. The molecule has 0 atom stereocenters. The molecular weight excluding hydrogens is 569 g/mol. The molecule has 4 rings (SSSR count). The molecule has 4 aromatic rings. The van der Waals surface area contributed by atoms with Crippen LogP contribution in [0.15, 0.2) is 91.0 Å². The van der Waals surface area contributed by atoms with Crippen LogP contribution < -0.4 is 24.3 Å². The average Bonchev–Trinajstić information content (AvgIpc) is 2.90. The fourth-order valence-electron chi connectivity index (χ4n) is 3.42. The summed E-state index contributed by atoms with van der Waals surface area (Å²) in [5, 5.41) is 2.93. The van der Waals surface area contributed by atoms with Gasteiger partial charge in [0.25, 0.3) is 5.91 Å². The van der Waals surface area contributed by atoms with Crippen LogP contribution in [-0.2, 0) is 6.61 Å². The molecule has 1 amide bonds. The Labute approximate surface area is 224 Å². The molecule has 0 bridgehead atoms. The van der Waals surface area contributed by atoms with Crippen LogP contribution in [0.25, 0.3) is 0 Å². The number of carbonyl (C=O) groups is 1. The molecule has 0 unspecified atom stereocenters. The van der Waals surface area contributed by atoms with Crippen LogP contribution in [0, 0.1) is 3.57 Å². The first-order valence-corrected chi connectivity index (χ1v) is 12.5. The van der Waals surface area contributed by atoms with Gasteiger partial charge in [0, 0.05) is 11.3 Å². The second-order valence-electron chi connectivity index (χ2n) is 7.75. The number of anilines is 1. The highest BCUT2D eigenvalue weighted by molar-refractivity contribution is 14.1. The van der Waals surface area contributed by atoms with Gasteiger partial charge in [-0.3, -0.25) is 4.79 Å². The molecule has 7 heteroatoms. The first-order valence-electron chi connectivity index (χ1n) is 11.4. The van der Waals surface area contributed by atoms with Crippen LogP contribution >= 0.6 is 22.6 Å². The Morgan fingerprint density at radius 2 is 1.47 bits per heavy atom. The summed E-state index contributed by atoms with van der Waals surface area (Å²) >= 11 is 2.17. The van der Waals surface area contributed by atoms with E-state index in [9.17, 15) is 4.79 Å². The summed E-state index contributed by atoms with van der Waals surface area (Å²) < 4.78 is 23.7. The van der Waals surface area contributed by atoms with Gasteiger partial charge in [-0.25, -0.2) is 0 Å². The first kappa shape index (κ1) is 25.4. The van der Waals surface area contributed by atoms with Gasteiger partial charge >= 0.3 is 0 Å². The third-order valence-electron chi connectivity index (χ3n) is 5.20.